The van der Waals surface area contributed by atoms with Crippen molar-refractivity contribution >= 4 is 15.7 Å². The van der Waals surface area contributed by atoms with Crippen LogP contribution in [0.5, 0.6) is 0 Å². The van der Waals surface area contributed by atoms with Gasteiger partial charge in [0.25, 0.3) is 5.91 Å². The summed E-state index contributed by atoms with van der Waals surface area (Å²) in [7, 11) is -3.29. The Morgan fingerprint density at radius 2 is 1.56 bits per heavy atom. The van der Waals surface area contributed by atoms with Crippen molar-refractivity contribution in [2.45, 2.75) is 31.1 Å². The van der Waals surface area contributed by atoms with Crippen molar-refractivity contribution in [3.8, 4) is 16.8 Å². The molecule has 1 aromatic heterocycles. The third kappa shape index (κ3) is 7.35. The van der Waals surface area contributed by atoms with E-state index in [2.05, 4.69) is 10.2 Å². The molecular formula is C32H32F3N3O4S. The van der Waals surface area contributed by atoms with E-state index >= 15 is 0 Å². The number of benzene rings is 3. The fraction of sp³-hybridized carbons (Fsp3) is 0.281. The smallest absolute Gasteiger partial charge is 0.379 e. The number of ether oxygens (including phenoxy) is 1. The molecule has 0 aliphatic carbocycles. The Morgan fingerprint density at radius 3 is 2.16 bits per heavy atom. The molecule has 1 aliphatic heterocycles. The van der Waals surface area contributed by atoms with Gasteiger partial charge in [-0.2, -0.15) is 13.2 Å². The highest BCUT2D eigenvalue weighted by atomic mass is 32.2. The summed E-state index contributed by atoms with van der Waals surface area (Å²) in [6.45, 7) is 5.29. The van der Waals surface area contributed by atoms with Crippen LogP contribution in [0.4, 0.5) is 13.2 Å². The fourth-order valence-electron chi connectivity index (χ4n) is 4.91. The molecule has 1 amide bonds. The van der Waals surface area contributed by atoms with E-state index in [9.17, 15) is 26.4 Å². The molecule has 1 aliphatic rings. The minimum atomic E-state index is -4.40. The van der Waals surface area contributed by atoms with Gasteiger partial charge in [0.05, 0.1) is 29.4 Å². The summed E-state index contributed by atoms with van der Waals surface area (Å²) in [5.41, 5.74) is 3.77. The van der Waals surface area contributed by atoms with E-state index in [0.29, 0.717) is 30.9 Å². The number of nitrogens with zero attached hydrogens (tertiary/aromatic N) is 2. The molecule has 226 valence electrons. The zero-order valence-corrected chi connectivity index (χ0v) is 24.4. The average Bonchev–Trinajstić information content (AvgIpc) is 3.44. The number of hydrogen-bond donors (Lipinski definition) is 1. The maximum Gasteiger partial charge on any atom is 0.416 e. The first-order valence-corrected chi connectivity index (χ1v) is 15.6. The molecule has 0 bridgehead atoms. The van der Waals surface area contributed by atoms with Gasteiger partial charge < -0.3 is 14.6 Å². The molecule has 0 unspecified atom stereocenters. The van der Waals surface area contributed by atoms with E-state index in [1.54, 1.807) is 43.3 Å². The van der Waals surface area contributed by atoms with Crippen molar-refractivity contribution < 1.29 is 31.1 Å². The van der Waals surface area contributed by atoms with Gasteiger partial charge in [0, 0.05) is 54.9 Å². The molecule has 0 radical (unpaired) electrons. The van der Waals surface area contributed by atoms with Crippen molar-refractivity contribution in [2.24, 2.45) is 0 Å². The topological polar surface area (TPSA) is 80.6 Å². The summed E-state index contributed by atoms with van der Waals surface area (Å²) in [5, 5.41) is 2.86. The summed E-state index contributed by atoms with van der Waals surface area (Å²) in [4.78, 5) is 15.4. The Kier molecular flexibility index (Phi) is 9.05. The lowest BCUT2D eigenvalue weighted by Crippen LogP contribution is -2.36. The average molecular weight is 612 g/mol. The molecule has 0 spiro atoms. The molecule has 4 aromatic rings. The zero-order valence-electron chi connectivity index (χ0n) is 23.6. The molecule has 7 nitrogen and oxygen atoms in total. The van der Waals surface area contributed by atoms with Gasteiger partial charge in [-0.1, -0.05) is 31.2 Å². The first-order chi connectivity index (χ1) is 20.5. The van der Waals surface area contributed by atoms with Crippen molar-refractivity contribution in [1.29, 1.82) is 0 Å². The number of morpholine rings is 1. The summed E-state index contributed by atoms with van der Waals surface area (Å²) in [6, 6.07) is 20.7. The van der Waals surface area contributed by atoms with Crippen molar-refractivity contribution in [1.82, 2.24) is 14.8 Å². The first kappa shape index (κ1) is 30.5. The lowest BCUT2D eigenvalue weighted by atomic mass is 10.1. The Bertz CT molecular complexity index is 1660. The lowest BCUT2D eigenvalue weighted by molar-refractivity contribution is -0.137. The molecule has 5 rings (SSSR count). The Balaban J connectivity index is 1.33. The van der Waals surface area contributed by atoms with E-state index in [0.717, 1.165) is 47.7 Å². The second-order valence-corrected chi connectivity index (χ2v) is 12.6. The quantitative estimate of drug-likeness (QED) is 0.262. The molecule has 1 saturated heterocycles. The fourth-order valence-corrected chi connectivity index (χ4v) is 5.79. The van der Waals surface area contributed by atoms with E-state index in [-0.39, 0.29) is 23.1 Å². The molecule has 3 aromatic carbocycles. The van der Waals surface area contributed by atoms with E-state index in [4.69, 9.17) is 4.74 Å². The molecule has 0 saturated carbocycles. The number of carbonyl (C=O) groups is 1. The lowest BCUT2D eigenvalue weighted by Gasteiger charge is -2.27. The van der Waals surface area contributed by atoms with E-state index < -0.39 is 21.6 Å². The largest absolute Gasteiger partial charge is 0.416 e. The van der Waals surface area contributed by atoms with Crippen LogP contribution in [-0.2, 0) is 33.8 Å². The highest BCUT2D eigenvalue weighted by Crippen LogP contribution is 2.32. The Morgan fingerprint density at radius 1 is 0.907 bits per heavy atom. The third-order valence-electron chi connectivity index (χ3n) is 7.46. The third-order valence-corrected chi connectivity index (χ3v) is 9.21. The highest BCUT2D eigenvalue weighted by molar-refractivity contribution is 7.91. The Hall–Kier alpha value is -3.93. The zero-order chi connectivity index (χ0) is 30.6. The van der Waals surface area contributed by atoms with Crippen LogP contribution in [0.3, 0.4) is 0 Å². The first-order valence-electron chi connectivity index (χ1n) is 13.9. The maximum atomic E-state index is 13.1. The van der Waals surface area contributed by atoms with Crippen LogP contribution in [0.15, 0.2) is 90.0 Å². The molecule has 2 heterocycles. The van der Waals surface area contributed by atoms with Crippen LogP contribution < -0.4 is 5.32 Å². The van der Waals surface area contributed by atoms with Gasteiger partial charge in [0.15, 0.2) is 9.84 Å². The van der Waals surface area contributed by atoms with Crippen LogP contribution in [-0.4, -0.2) is 55.8 Å². The van der Waals surface area contributed by atoms with Gasteiger partial charge in [-0.3, -0.25) is 9.69 Å². The van der Waals surface area contributed by atoms with Crippen LogP contribution in [0, 0.1) is 0 Å². The second kappa shape index (κ2) is 12.7. The highest BCUT2D eigenvalue weighted by Gasteiger charge is 2.30. The summed E-state index contributed by atoms with van der Waals surface area (Å²) >= 11 is 0. The number of rotatable bonds is 9. The molecule has 0 atom stereocenters. The molecule has 11 heteroatoms. The predicted octanol–water partition coefficient (Wildman–Crippen LogP) is 5.72. The maximum absolute atomic E-state index is 13.1. The predicted molar refractivity (Wildman–Crippen MR) is 158 cm³/mol. The summed E-state index contributed by atoms with van der Waals surface area (Å²) < 4.78 is 70.8. The van der Waals surface area contributed by atoms with E-state index in [1.807, 2.05) is 29.0 Å². The van der Waals surface area contributed by atoms with Gasteiger partial charge in [-0.05, 0) is 65.7 Å². The number of aromatic nitrogens is 1. The van der Waals surface area contributed by atoms with Gasteiger partial charge in [0.2, 0.25) is 0 Å². The standard InChI is InChI=1S/C32H32F3N3O4S/c1-2-43(40,41)30-13-3-23(4-14-30)20-36-31(39)25-7-11-28(12-8-25)38-21-26(19-29(38)22-37-15-17-42-18-16-37)24-5-9-27(10-6-24)32(33,34)35/h3-14,19,21H,2,15-18,20,22H2,1H3,(H,36,39). The minimum Gasteiger partial charge on any atom is -0.379 e. The van der Waals surface area contributed by atoms with Crippen molar-refractivity contribution in [3.05, 3.63) is 107 Å². The molecule has 43 heavy (non-hydrogen) atoms. The van der Waals surface area contributed by atoms with Gasteiger partial charge in [0.1, 0.15) is 0 Å². The number of nitrogens with one attached hydrogen (secondary N) is 1. The van der Waals surface area contributed by atoms with Crippen LogP contribution in [0.1, 0.15) is 34.1 Å². The van der Waals surface area contributed by atoms with Gasteiger partial charge >= 0.3 is 6.18 Å². The number of halogens is 3. The Labute approximate surface area is 248 Å². The van der Waals surface area contributed by atoms with Crippen LogP contribution >= 0.6 is 0 Å². The second-order valence-electron chi connectivity index (χ2n) is 10.3. The minimum absolute atomic E-state index is 0.0210. The number of carbonyl (C=O) groups excluding carboxylic acids is 1. The van der Waals surface area contributed by atoms with E-state index in [1.165, 1.54) is 12.1 Å². The van der Waals surface area contributed by atoms with Crippen molar-refractivity contribution in [2.75, 3.05) is 32.1 Å². The van der Waals surface area contributed by atoms with Gasteiger partial charge in [-0.15, -0.1) is 0 Å². The van der Waals surface area contributed by atoms with Crippen LogP contribution in [0.25, 0.3) is 16.8 Å². The normalized spacial score (nSPS) is 14.5. The number of sulfone groups is 1. The summed E-state index contributed by atoms with van der Waals surface area (Å²) in [6.07, 6.45) is -2.50. The van der Waals surface area contributed by atoms with Gasteiger partial charge in [-0.25, -0.2) is 8.42 Å². The number of alkyl halides is 3. The molecule has 1 fully saturated rings. The molecule has 1 N–H and O–H groups in total. The number of hydrogen-bond acceptors (Lipinski definition) is 5. The summed E-state index contributed by atoms with van der Waals surface area (Å²) in [5.74, 6) is -0.254. The number of amides is 1. The van der Waals surface area contributed by atoms with Crippen molar-refractivity contribution in [3.63, 3.8) is 0 Å². The molecular weight excluding hydrogens is 579 g/mol. The van der Waals surface area contributed by atoms with Crippen LogP contribution in [0.2, 0.25) is 0 Å². The monoisotopic (exact) mass is 611 g/mol. The SMILES string of the molecule is CCS(=O)(=O)c1ccc(CNC(=O)c2ccc(-n3cc(-c4ccc(C(F)(F)F)cc4)cc3CN3CCOCC3)cc2)cc1.